The molecule has 0 radical (unpaired) electrons. The summed E-state index contributed by atoms with van der Waals surface area (Å²) < 4.78 is 29.5. The third-order valence-corrected chi connectivity index (χ3v) is 6.13. The molecule has 1 heterocycles. The Morgan fingerprint density at radius 3 is 2.19 bits per heavy atom. The monoisotopic (exact) mass is 476 g/mol. The molecule has 3 aromatic rings. The summed E-state index contributed by atoms with van der Waals surface area (Å²) in [6.45, 7) is 5.07. The van der Waals surface area contributed by atoms with Crippen LogP contribution in [0.5, 0.6) is 0 Å². The molecule has 2 aromatic carbocycles. The van der Waals surface area contributed by atoms with Crippen LogP contribution in [0.15, 0.2) is 53.4 Å². The van der Waals surface area contributed by atoms with E-state index < -0.39 is 28.0 Å². The summed E-state index contributed by atoms with van der Waals surface area (Å²) in [5, 5.41) is 12.5. The predicted molar refractivity (Wildman–Crippen MR) is 119 cm³/mol. The number of amides is 1. The highest BCUT2D eigenvalue weighted by molar-refractivity contribution is 7.89. The van der Waals surface area contributed by atoms with E-state index >= 15 is 0 Å². The highest BCUT2D eigenvalue weighted by Crippen LogP contribution is 2.22. The number of esters is 1. The first-order valence-corrected chi connectivity index (χ1v) is 11.4. The van der Waals surface area contributed by atoms with Crippen LogP contribution in [-0.2, 0) is 19.6 Å². The Labute approximate surface area is 190 Å². The number of ether oxygens (including phenoxy) is 1. The Morgan fingerprint density at radius 2 is 1.69 bits per heavy atom. The number of aromatic nitrogens is 2. The van der Waals surface area contributed by atoms with Crippen molar-refractivity contribution in [1.29, 1.82) is 0 Å². The molecule has 0 spiro atoms. The average Bonchev–Trinajstić information content (AvgIpc) is 3.00. The van der Waals surface area contributed by atoms with Gasteiger partial charge in [-0.15, -0.1) is 0 Å². The predicted octanol–water partition coefficient (Wildman–Crippen LogP) is 2.97. The number of anilines is 1. The van der Waals surface area contributed by atoms with Crippen LogP contribution in [0.3, 0.4) is 0 Å². The quantitative estimate of drug-likeness (QED) is 0.525. The lowest BCUT2D eigenvalue weighted by Gasteiger charge is -2.14. The van der Waals surface area contributed by atoms with E-state index in [9.17, 15) is 18.0 Å². The van der Waals surface area contributed by atoms with Crippen molar-refractivity contribution in [1.82, 2.24) is 9.78 Å². The first-order chi connectivity index (χ1) is 15.0. The Balaban J connectivity index is 1.63. The smallest absolute Gasteiger partial charge is 0.338 e. The molecular formula is C21H21ClN4O5S. The first-order valence-electron chi connectivity index (χ1n) is 9.44. The molecular weight excluding hydrogens is 456 g/mol. The van der Waals surface area contributed by atoms with Gasteiger partial charge in [0.2, 0.25) is 10.0 Å². The average molecular weight is 477 g/mol. The van der Waals surface area contributed by atoms with Crippen molar-refractivity contribution < 1.29 is 22.7 Å². The maximum absolute atomic E-state index is 12.4. The minimum atomic E-state index is -3.83. The fraction of sp³-hybridized carbons (Fsp3) is 0.190. The van der Waals surface area contributed by atoms with Gasteiger partial charge in [0, 0.05) is 5.69 Å². The van der Waals surface area contributed by atoms with Crippen LogP contribution < -0.4 is 10.5 Å². The zero-order valence-electron chi connectivity index (χ0n) is 17.5. The van der Waals surface area contributed by atoms with Crippen molar-refractivity contribution in [2.24, 2.45) is 5.14 Å². The zero-order chi connectivity index (χ0) is 23.6. The minimum absolute atomic E-state index is 0.0823. The SMILES string of the molecule is Cc1nn(-c2ccc(C(=O)OC(C)C(=O)Nc3ccc(S(N)(=O)=O)cc3)cc2)c(C)c1Cl. The molecule has 11 heteroatoms. The molecule has 0 fully saturated rings. The molecule has 0 aliphatic heterocycles. The lowest BCUT2D eigenvalue weighted by molar-refractivity contribution is -0.123. The molecule has 0 saturated carbocycles. The number of benzene rings is 2. The number of aryl methyl sites for hydroxylation is 1. The topological polar surface area (TPSA) is 133 Å². The van der Waals surface area contributed by atoms with Gasteiger partial charge in [-0.05, 0) is 69.3 Å². The van der Waals surface area contributed by atoms with Gasteiger partial charge in [0.05, 0.1) is 32.6 Å². The summed E-state index contributed by atoms with van der Waals surface area (Å²) in [7, 11) is -3.83. The molecule has 0 aliphatic rings. The molecule has 0 aliphatic carbocycles. The van der Waals surface area contributed by atoms with E-state index in [4.69, 9.17) is 21.5 Å². The number of carbonyl (C=O) groups is 2. The van der Waals surface area contributed by atoms with E-state index in [0.717, 1.165) is 11.4 Å². The van der Waals surface area contributed by atoms with E-state index in [1.54, 1.807) is 35.9 Å². The summed E-state index contributed by atoms with van der Waals surface area (Å²) >= 11 is 6.17. The molecule has 168 valence electrons. The van der Waals surface area contributed by atoms with Gasteiger partial charge in [-0.1, -0.05) is 11.6 Å². The largest absolute Gasteiger partial charge is 0.449 e. The minimum Gasteiger partial charge on any atom is -0.449 e. The lowest BCUT2D eigenvalue weighted by Crippen LogP contribution is -2.30. The van der Waals surface area contributed by atoms with Crippen molar-refractivity contribution in [3.8, 4) is 5.69 Å². The van der Waals surface area contributed by atoms with Crippen molar-refractivity contribution in [3.05, 3.63) is 70.5 Å². The van der Waals surface area contributed by atoms with Crippen LogP contribution in [0.2, 0.25) is 5.02 Å². The summed E-state index contributed by atoms with van der Waals surface area (Å²) in [5.41, 5.74) is 2.80. The summed E-state index contributed by atoms with van der Waals surface area (Å²) in [5.74, 6) is -1.24. The number of halogens is 1. The number of nitrogens with one attached hydrogen (secondary N) is 1. The lowest BCUT2D eigenvalue weighted by atomic mass is 10.2. The fourth-order valence-electron chi connectivity index (χ4n) is 2.87. The van der Waals surface area contributed by atoms with E-state index in [0.29, 0.717) is 16.4 Å². The van der Waals surface area contributed by atoms with E-state index in [2.05, 4.69) is 10.4 Å². The number of nitrogens with zero attached hydrogens (tertiary/aromatic N) is 2. The summed E-state index contributed by atoms with van der Waals surface area (Å²) in [6.07, 6.45) is -1.09. The van der Waals surface area contributed by atoms with Crippen molar-refractivity contribution in [2.75, 3.05) is 5.32 Å². The first kappa shape index (κ1) is 23.5. The normalized spacial score (nSPS) is 12.3. The van der Waals surface area contributed by atoms with Crippen LogP contribution in [0.25, 0.3) is 5.69 Å². The number of nitrogens with two attached hydrogens (primary N) is 1. The van der Waals surface area contributed by atoms with Gasteiger partial charge in [0.1, 0.15) is 0 Å². The van der Waals surface area contributed by atoms with Crippen LogP contribution in [0.4, 0.5) is 5.69 Å². The molecule has 9 nitrogen and oxygen atoms in total. The third-order valence-electron chi connectivity index (χ3n) is 4.65. The Hall–Kier alpha value is -3.21. The van der Waals surface area contributed by atoms with Gasteiger partial charge >= 0.3 is 5.97 Å². The van der Waals surface area contributed by atoms with Gasteiger partial charge in [0.15, 0.2) is 6.10 Å². The molecule has 1 atom stereocenters. The number of rotatable bonds is 6. The second kappa shape index (κ2) is 9.11. The molecule has 3 rings (SSSR count). The van der Waals surface area contributed by atoms with Crippen molar-refractivity contribution in [2.45, 2.75) is 31.8 Å². The standard InChI is InChI=1S/C21H21ClN4O5S/c1-12-19(22)13(2)26(25-12)17-8-4-15(5-9-17)21(28)31-14(3)20(27)24-16-6-10-18(11-7-16)32(23,29)30/h4-11,14H,1-3H3,(H,24,27)(H2,23,29,30). The number of hydrogen-bond donors (Lipinski definition) is 2. The molecule has 1 amide bonds. The van der Waals surface area contributed by atoms with Gasteiger partial charge in [0.25, 0.3) is 5.91 Å². The van der Waals surface area contributed by atoms with Gasteiger partial charge in [-0.2, -0.15) is 5.10 Å². The van der Waals surface area contributed by atoms with E-state index in [1.807, 2.05) is 6.92 Å². The second-order valence-electron chi connectivity index (χ2n) is 7.05. The molecule has 32 heavy (non-hydrogen) atoms. The maximum atomic E-state index is 12.4. The zero-order valence-corrected chi connectivity index (χ0v) is 19.1. The molecule has 0 bridgehead atoms. The molecule has 1 unspecified atom stereocenters. The Morgan fingerprint density at radius 1 is 1.09 bits per heavy atom. The summed E-state index contributed by atoms with van der Waals surface area (Å²) in [6, 6.07) is 11.8. The van der Waals surface area contributed by atoms with E-state index in [1.165, 1.54) is 31.2 Å². The molecule has 3 N–H and O–H groups in total. The summed E-state index contributed by atoms with van der Waals surface area (Å²) in [4.78, 5) is 24.6. The number of sulfonamides is 1. The molecule has 0 saturated heterocycles. The van der Waals surface area contributed by atoms with Crippen molar-refractivity contribution >= 4 is 39.2 Å². The Kier molecular flexibility index (Phi) is 6.68. The highest BCUT2D eigenvalue weighted by Gasteiger charge is 2.20. The fourth-order valence-corrected chi connectivity index (χ4v) is 3.50. The molecule has 1 aromatic heterocycles. The van der Waals surface area contributed by atoms with Gasteiger partial charge < -0.3 is 10.1 Å². The number of primary sulfonamides is 1. The van der Waals surface area contributed by atoms with Crippen LogP contribution >= 0.6 is 11.6 Å². The van der Waals surface area contributed by atoms with Gasteiger partial charge in [-0.3, -0.25) is 4.79 Å². The van der Waals surface area contributed by atoms with E-state index in [-0.39, 0.29) is 10.5 Å². The van der Waals surface area contributed by atoms with Crippen molar-refractivity contribution in [3.63, 3.8) is 0 Å². The number of hydrogen-bond acceptors (Lipinski definition) is 6. The highest BCUT2D eigenvalue weighted by atomic mass is 35.5. The second-order valence-corrected chi connectivity index (χ2v) is 8.99. The van der Waals surface area contributed by atoms with Gasteiger partial charge in [-0.25, -0.2) is 23.0 Å². The maximum Gasteiger partial charge on any atom is 0.338 e. The third kappa shape index (κ3) is 5.16. The number of carbonyl (C=O) groups excluding carboxylic acids is 2. The van der Waals surface area contributed by atoms with Crippen LogP contribution in [0.1, 0.15) is 28.7 Å². The van der Waals surface area contributed by atoms with Crippen LogP contribution in [0, 0.1) is 13.8 Å². The Bertz CT molecular complexity index is 1270. The van der Waals surface area contributed by atoms with Crippen LogP contribution in [-0.4, -0.2) is 36.2 Å².